The summed E-state index contributed by atoms with van der Waals surface area (Å²) >= 11 is 0. The van der Waals surface area contributed by atoms with E-state index in [-0.39, 0.29) is 12.3 Å². The van der Waals surface area contributed by atoms with Crippen LogP contribution in [0, 0.1) is 4.91 Å². The number of nitrogens with zero attached hydrogens (tertiary/aromatic N) is 1. The Morgan fingerprint density at radius 3 is 2.29 bits per heavy atom. The molecule has 0 atom stereocenters. The number of ketones is 1. The highest BCUT2D eigenvalue weighted by atomic mass is 16.3. The second-order valence-electron chi connectivity index (χ2n) is 3.66. The standard InChI is InChI=1S/C11H21NO2/c1-2-3-4-5-6-7-8-11(13)9-10-12-14/h2-10H2,1H3. The maximum atomic E-state index is 11.1. The SMILES string of the molecule is CCCCCCCCC(=O)CCN=O. The van der Waals surface area contributed by atoms with E-state index in [4.69, 9.17) is 0 Å². The Kier molecular flexibility index (Phi) is 9.81. The molecular formula is C11H21NO2. The third kappa shape index (κ3) is 9.36. The maximum Gasteiger partial charge on any atom is 0.134 e. The lowest BCUT2D eigenvalue weighted by Crippen LogP contribution is -1.99. The van der Waals surface area contributed by atoms with Gasteiger partial charge in [0.05, 0.1) is 6.54 Å². The lowest BCUT2D eigenvalue weighted by atomic mass is 10.1. The maximum absolute atomic E-state index is 11.1. The van der Waals surface area contributed by atoms with Crippen molar-refractivity contribution in [1.82, 2.24) is 0 Å². The van der Waals surface area contributed by atoms with E-state index in [1.807, 2.05) is 0 Å². The number of unbranched alkanes of at least 4 members (excludes halogenated alkanes) is 5. The minimum Gasteiger partial charge on any atom is -0.300 e. The minimum atomic E-state index is 0.147. The van der Waals surface area contributed by atoms with Crippen LogP contribution in [-0.2, 0) is 4.79 Å². The van der Waals surface area contributed by atoms with Gasteiger partial charge in [-0.1, -0.05) is 44.2 Å². The molecule has 14 heavy (non-hydrogen) atoms. The molecule has 0 aromatic carbocycles. The molecule has 0 radical (unpaired) electrons. The molecule has 0 aromatic rings. The fraction of sp³-hybridized carbons (Fsp3) is 0.909. The number of hydrogen-bond donors (Lipinski definition) is 0. The van der Waals surface area contributed by atoms with Gasteiger partial charge in [0.25, 0.3) is 0 Å². The molecule has 0 bridgehead atoms. The highest BCUT2D eigenvalue weighted by molar-refractivity contribution is 5.78. The molecule has 0 heterocycles. The van der Waals surface area contributed by atoms with E-state index in [0.29, 0.717) is 12.8 Å². The molecule has 0 spiro atoms. The molecule has 0 saturated heterocycles. The lowest BCUT2D eigenvalue weighted by molar-refractivity contribution is -0.119. The largest absolute Gasteiger partial charge is 0.300 e. The van der Waals surface area contributed by atoms with Crippen molar-refractivity contribution in [2.24, 2.45) is 5.18 Å². The average Bonchev–Trinajstić information content (AvgIpc) is 2.20. The van der Waals surface area contributed by atoms with E-state index < -0.39 is 0 Å². The molecule has 0 aliphatic rings. The number of hydrogen-bond acceptors (Lipinski definition) is 3. The number of Topliss-reactive ketones (excluding diaryl/α,β-unsaturated/α-hetero) is 1. The lowest BCUT2D eigenvalue weighted by Gasteiger charge is -1.99. The minimum absolute atomic E-state index is 0.147. The van der Waals surface area contributed by atoms with E-state index in [1.165, 1.54) is 25.7 Å². The van der Waals surface area contributed by atoms with Crippen molar-refractivity contribution in [2.45, 2.75) is 58.3 Å². The van der Waals surface area contributed by atoms with Crippen molar-refractivity contribution in [3.8, 4) is 0 Å². The van der Waals surface area contributed by atoms with Crippen molar-refractivity contribution < 1.29 is 4.79 Å². The Balaban J connectivity index is 3.10. The molecule has 0 aliphatic heterocycles. The average molecular weight is 199 g/mol. The third-order valence-corrected chi connectivity index (χ3v) is 2.29. The zero-order chi connectivity index (χ0) is 10.6. The predicted octanol–water partition coefficient (Wildman–Crippen LogP) is 3.46. The van der Waals surface area contributed by atoms with Gasteiger partial charge in [0.15, 0.2) is 0 Å². The van der Waals surface area contributed by atoms with Gasteiger partial charge in [-0.3, -0.25) is 4.79 Å². The van der Waals surface area contributed by atoms with Gasteiger partial charge in [0.2, 0.25) is 0 Å². The van der Waals surface area contributed by atoms with Gasteiger partial charge in [-0.15, -0.1) is 0 Å². The van der Waals surface area contributed by atoms with E-state index in [2.05, 4.69) is 12.1 Å². The highest BCUT2D eigenvalue weighted by Gasteiger charge is 2.00. The summed E-state index contributed by atoms with van der Waals surface area (Å²) in [6.07, 6.45) is 8.13. The Morgan fingerprint density at radius 1 is 1.00 bits per heavy atom. The Hall–Kier alpha value is -0.730. The van der Waals surface area contributed by atoms with E-state index in [1.54, 1.807) is 0 Å². The summed E-state index contributed by atoms with van der Waals surface area (Å²) in [7, 11) is 0. The molecule has 0 aromatic heterocycles. The quantitative estimate of drug-likeness (QED) is 0.399. The van der Waals surface area contributed by atoms with Crippen LogP contribution in [0.2, 0.25) is 0 Å². The molecule has 0 aliphatic carbocycles. The molecule has 0 fully saturated rings. The highest BCUT2D eigenvalue weighted by Crippen LogP contribution is 2.07. The summed E-state index contributed by atoms with van der Waals surface area (Å²) in [6.45, 7) is 2.34. The van der Waals surface area contributed by atoms with Crippen molar-refractivity contribution in [3.63, 3.8) is 0 Å². The van der Waals surface area contributed by atoms with E-state index >= 15 is 0 Å². The smallest absolute Gasteiger partial charge is 0.134 e. The molecule has 3 nitrogen and oxygen atoms in total. The van der Waals surface area contributed by atoms with Crippen LogP contribution in [0.4, 0.5) is 0 Å². The van der Waals surface area contributed by atoms with Crippen molar-refractivity contribution in [1.29, 1.82) is 0 Å². The Morgan fingerprint density at radius 2 is 1.64 bits per heavy atom. The van der Waals surface area contributed by atoms with Gasteiger partial charge in [-0.05, 0) is 6.42 Å². The van der Waals surface area contributed by atoms with E-state index in [9.17, 15) is 9.70 Å². The molecule has 0 unspecified atom stereocenters. The van der Waals surface area contributed by atoms with Crippen LogP contribution in [-0.4, -0.2) is 12.3 Å². The number of rotatable bonds is 10. The first-order valence-electron chi connectivity index (χ1n) is 5.62. The molecular weight excluding hydrogens is 178 g/mol. The first-order valence-corrected chi connectivity index (χ1v) is 5.62. The van der Waals surface area contributed by atoms with Crippen LogP contribution in [0.1, 0.15) is 58.3 Å². The third-order valence-electron chi connectivity index (χ3n) is 2.29. The van der Waals surface area contributed by atoms with Gasteiger partial charge in [-0.25, -0.2) is 0 Å². The van der Waals surface area contributed by atoms with E-state index in [0.717, 1.165) is 12.8 Å². The Labute approximate surface area is 86.2 Å². The van der Waals surface area contributed by atoms with Crippen LogP contribution in [0.3, 0.4) is 0 Å². The summed E-state index contributed by atoms with van der Waals surface area (Å²) in [5.41, 5.74) is 0. The van der Waals surface area contributed by atoms with Gasteiger partial charge < -0.3 is 0 Å². The zero-order valence-corrected chi connectivity index (χ0v) is 9.13. The summed E-state index contributed by atoms with van der Waals surface area (Å²) in [6, 6.07) is 0. The van der Waals surface area contributed by atoms with Gasteiger partial charge in [-0.2, -0.15) is 4.91 Å². The summed E-state index contributed by atoms with van der Waals surface area (Å²) in [5.74, 6) is 0.181. The van der Waals surface area contributed by atoms with Gasteiger partial charge in [0, 0.05) is 12.8 Å². The van der Waals surface area contributed by atoms with Crippen molar-refractivity contribution >= 4 is 5.78 Å². The molecule has 0 N–H and O–H groups in total. The van der Waals surface area contributed by atoms with Gasteiger partial charge in [0.1, 0.15) is 5.78 Å². The fourth-order valence-corrected chi connectivity index (χ4v) is 1.40. The van der Waals surface area contributed by atoms with Crippen LogP contribution < -0.4 is 0 Å². The molecule has 0 saturated carbocycles. The first kappa shape index (κ1) is 13.3. The number of carbonyl (C=O) groups excluding carboxylic acids is 1. The molecule has 0 amide bonds. The summed E-state index contributed by atoms with van der Waals surface area (Å²) in [5, 5.41) is 2.67. The topological polar surface area (TPSA) is 46.5 Å². The van der Waals surface area contributed by atoms with Crippen molar-refractivity contribution in [2.75, 3.05) is 6.54 Å². The summed E-state index contributed by atoms with van der Waals surface area (Å²) in [4.78, 5) is 20.8. The molecule has 3 heteroatoms. The zero-order valence-electron chi connectivity index (χ0n) is 9.13. The normalized spacial score (nSPS) is 10.1. The molecule has 82 valence electrons. The monoisotopic (exact) mass is 199 g/mol. The second-order valence-corrected chi connectivity index (χ2v) is 3.66. The predicted molar refractivity (Wildman–Crippen MR) is 58.3 cm³/mol. The van der Waals surface area contributed by atoms with Crippen LogP contribution in [0.15, 0.2) is 5.18 Å². The Bertz CT molecular complexity index is 157. The van der Waals surface area contributed by atoms with Crippen LogP contribution >= 0.6 is 0 Å². The summed E-state index contributed by atoms with van der Waals surface area (Å²) < 4.78 is 0. The van der Waals surface area contributed by atoms with Crippen molar-refractivity contribution in [3.05, 3.63) is 4.91 Å². The van der Waals surface area contributed by atoms with Crippen LogP contribution in [0.5, 0.6) is 0 Å². The van der Waals surface area contributed by atoms with Gasteiger partial charge >= 0.3 is 0 Å². The number of nitroso groups, excluding NO2 is 1. The molecule has 0 rings (SSSR count). The van der Waals surface area contributed by atoms with Crippen LogP contribution in [0.25, 0.3) is 0 Å². The second kappa shape index (κ2) is 10.4. The fourth-order valence-electron chi connectivity index (χ4n) is 1.40. The number of carbonyl (C=O) groups is 1. The first-order chi connectivity index (χ1) is 6.81.